The maximum Gasteiger partial charge on any atom is 0.177 e. The molecular formula is C9H15NO2S. The number of H-pyrrole nitrogens is 1. The molecule has 1 aromatic rings. The van der Waals surface area contributed by atoms with Gasteiger partial charge in [-0.3, -0.25) is 0 Å². The fourth-order valence-corrected chi connectivity index (χ4v) is 2.30. The first-order valence-corrected chi connectivity index (χ1v) is 6.00. The van der Waals surface area contributed by atoms with Gasteiger partial charge in [0.15, 0.2) is 9.84 Å². The third-order valence-corrected chi connectivity index (χ3v) is 3.00. The third-order valence-electron chi connectivity index (χ3n) is 1.86. The van der Waals surface area contributed by atoms with Crippen molar-refractivity contribution in [1.29, 1.82) is 0 Å². The summed E-state index contributed by atoms with van der Waals surface area (Å²) in [4.78, 5) is 3.38. The van der Waals surface area contributed by atoms with E-state index in [0.29, 0.717) is 4.90 Å². The number of hydrogen-bond acceptors (Lipinski definition) is 2. The first-order chi connectivity index (χ1) is 5.73. The van der Waals surface area contributed by atoms with Crippen molar-refractivity contribution in [1.82, 2.24) is 4.98 Å². The van der Waals surface area contributed by atoms with Crippen molar-refractivity contribution in [2.24, 2.45) is 0 Å². The summed E-state index contributed by atoms with van der Waals surface area (Å²) in [5, 5.41) is 0. The summed E-state index contributed by atoms with van der Waals surface area (Å²) in [6.07, 6.45) is 2.89. The molecule has 1 heterocycles. The smallest absolute Gasteiger partial charge is 0.177 e. The Balaban J connectivity index is 3.35. The van der Waals surface area contributed by atoms with Crippen molar-refractivity contribution in [2.75, 3.05) is 6.26 Å². The van der Waals surface area contributed by atoms with Gasteiger partial charge >= 0.3 is 0 Å². The summed E-state index contributed by atoms with van der Waals surface area (Å²) in [6, 6.07) is 1.61. The molecule has 0 aliphatic rings. The van der Waals surface area contributed by atoms with E-state index in [1.54, 1.807) is 12.3 Å². The van der Waals surface area contributed by atoms with E-state index in [4.69, 9.17) is 0 Å². The van der Waals surface area contributed by atoms with Crippen LogP contribution in [0.5, 0.6) is 0 Å². The van der Waals surface area contributed by atoms with Crippen molar-refractivity contribution in [3.8, 4) is 0 Å². The Morgan fingerprint density at radius 3 is 2.15 bits per heavy atom. The van der Waals surface area contributed by atoms with Gasteiger partial charge in [0.05, 0.1) is 4.90 Å². The molecule has 0 atom stereocenters. The Labute approximate surface area is 79.1 Å². The fourth-order valence-electron chi connectivity index (χ4n) is 1.25. The molecule has 0 fully saturated rings. The molecule has 0 saturated carbocycles. The highest BCUT2D eigenvalue weighted by Crippen LogP contribution is 2.27. The van der Waals surface area contributed by atoms with Gasteiger partial charge in [-0.15, -0.1) is 0 Å². The van der Waals surface area contributed by atoms with Gasteiger partial charge in [0.25, 0.3) is 0 Å². The summed E-state index contributed by atoms with van der Waals surface area (Å²) in [5.74, 6) is 0. The van der Waals surface area contributed by atoms with E-state index in [9.17, 15) is 8.42 Å². The van der Waals surface area contributed by atoms with Crippen LogP contribution >= 0.6 is 0 Å². The predicted molar refractivity (Wildman–Crippen MR) is 52.6 cm³/mol. The number of aromatic amines is 1. The number of aromatic nitrogens is 1. The average molecular weight is 201 g/mol. The van der Waals surface area contributed by atoms with Gasteiger partial charge in [-0.2, -0.15) is 0 Å². The summed E-state index contributed by atoms with van der Waals surface area (Å²) < 4.78 is 22.7. The van der Waals surface area contributed by atoms with Gasteiger partial charge in [-0.05, 0) is 6.07 Å². The standard InChI is InChI=1S/C9H15NO2S/c1-9(2,3)8-7(5-6-10-8)13(4,11)12/h5-6,10H,1-4H3. The Bertz CT molecular complexity index is 395. The van der Waals surface area contributed by atoms with Crippen molar-refractivity contribution in [3.05, 3.63) is 18.0 Å². The first-order valence-electron chi connectivity index (χ1n) is 4.11. The highest BCUT2D eigenvalue weighted by molar-refractivity contribution is 7.90. The number of rotatable bonds is 1. The molecule has 0 radical (unpaired) electrons. The van der Waals surface area contributed by atoms with Gasteiger partial charge in [-0.25, -0.2) is 8.42 Å². The van der Waals surface area contributed by atoms with Gasteiger partial charge in [0, 0.05) is 23.6 Å². The molecule has 3 nitrogen and oxygen atoms in total. The average Bonchev–Trinajstić information content (AvgIpc) is 2.27. The number of hydrogen-bond donors (Lipinski definition) is 1. The SMILES string of the molecule is CC(C)(C)c1[nH]ccc1S(C)(=O)=O. The lowest BCUT2D eigenvalue weighted by atomic mass is 9.92. The molecule has 0 aliphatic heterocycles. The Kier molecular flexibility index (Phi) is 2.28. The van der Waals surface area contributed by atoms with Crippen molar-refractivity contribution < 1.29 is 8.42 Å². The van der Waals surface area contributed by atoms with Crippen LogP contribution in [-0.4, -0.2) is 19.7 Å². The van der Waals surface area contributed by atoms with E-state index in [2.05, 4.69) is 4.98 Å². The first kappa shape index (κ1) is 10.3. The Hall–Kier alpha value is -0.770. The molecule has 1 N–H and O–H groups in total. The van der Waals surface area contributed by atoms with E-state index in [-0.39, 0.29) is 5.41 Å². The topological polar surface area (TPSA) is 49.9 Å². The van der Waals surface area contributed by atoms with Crippen LogP contribution < -0.4 is 0 Å². The largest absolute Gasteiger partial charge is 0.363 e. The summed E-state index contributed by atoms with van der Waals surface area (Å²) in [6.45, 7) is 5.94. The van der Waals surface area contributed by atoms with Crippen molar-refractivity contribution in [2.45, 2.75) is 31.1 Å². The molecule has 0 amide bonds. The molecule has 1 rings (SSSR count). The van der Waals surface area contributed by atoms with E-state index in [1.165, 1.54) is 6.26 Å². The zero-order valence-electron chi connectivity index (χ0n) is 8.38. The fraction of sp³-hybridized carbons (Fsp3) is 0.556. The minimum absolute atomic E-state index is 0.165. The molecule has 0 aromatic carbocycles. The van der Waals surface area contributed by atoms with Crippen LogP contribution in [0.3, 0.4) is 0 Å². The summed E-state index contributed by atoms with van der Waals surface area (Å²) >= 11 is 0. The van der Waals surface area contributed by atoms with Crippen molar-refractivity contribution in [3.63, 3.8) is 0 Å². The third kappa shape index (κ3) is 2.12. The second-order valence-electron chi connectivity index (χ2n) is 4.24. The molecule has 0 unspecified atom stereocenters. The predicted octanol–water partition coefficient (Wildman–Crippen LogP) is 1.72. The highest BCUT2D eigenvalue weighted by Gasteiger charge is 2.23. The van der Waals surface area contributed by atoms with Gasteiger partial charge < -0.3 is 4.98 Å². The zero-order valence-corrected chi connectivity index (χ0v) is 9.20. The molecule has 13 heavy (non-hydrogen) atoms. The lowest BCUT2D eigenvalue weighted by Crippen LogP contribution is -2.15. The normalized spacial score (nSPS) is 13.2. The quantitative estimate of drug-likeness (QED) is 0.752. The van der Waals surface area contributed by atoms with Gasteiger partial charge in [0.1, 0.15) is 0 Å². The van der Waals surface area contributed by atoms with E-state index in [0.717, 1.165) is 5.69 Å². The minimum atomic E-state index is -3.10. The number of sulfone groups is 1. The van der Waals surface area contributed by atoms with Gasteiger partial charge in [-0.1, -0.05) is 20.8 Å². The second-order valence-corrected chi connectivity index (χ2v) is 6.22. The maximum atomic E-state index is 11.3. The molecule has 0 bridgehead atoms. The molecule has 74 valence electrons. The Morgan fingerprint density at radius 2 is 1.85 bits per heavy atom. The van der Waals surface area contributed by atoms with Crippen LogP contribution in [0.1, 0.15) is 26.5 Å². The van der Waals surface area contributed by atoms with Gasteiger partial charge in [0.2, 0.25) is 0 Å². The maximum absolute atomic E-state index is 11.3. The van der Waals surface area contributed by atoms with E-state index >= 15 is 0 Å². The van der Waals surface area contributed by atoms with Crippen LogP contribution in [0.4, 0.5) is 0 Å². The minimum Gasteiger partial charge on any atom is -0.363 e. The lowest BCUT2D eigenvalue weighted by Gasteiger charge is -2.18. The molecular weight excluding hydrogens is 186 g/mol. The van der Waals surface area contributed by atoms with Crippen LogP contribution in [0.15, 0.2) is 17.2 Å². The highest BCUT2D eigenvalue weighted by atomic mass is 32.2. The summed E-state index contributed by atoms with van der Waals surface area (Å²) in [5.41, 5.74) is 0.608. The van der Waals surface area contributed by atoms with E-state index in [1.807, 2.05) is 20.8 Å². The molecule has 1 aromatic heterocycles. The molecule has 0 aliphatic carbocycles. The van der Waals surface area contributed by atoms with Crippen molar-refractivity contribution >= 4 is 9.84 Å². The number of nitrogens with one attached hydrogen (secondary N) is 1. The van der Waals surface area contributed by atoms with Crippen LogP contribution in [0.2, 0.25) is 0 Å². The van der Waals surface area contributed by atoms with Crippen LogP contribution in [-0.2, 0) is 15.3 Å². The van der Waals surface area contributed by atoms with Crippen LogP contribution in [0.25, 0.3) is 0 Å². The monoisotopic (exact) mass is 201 g/mol. The molecule has 0 spiro atoms. The lowest BCUT2D eigenvalue weighted by molar-refractivity contribution is 0.551. The molecule has 0 saturated heterocycles. The second kappa shape index (κ2) is 2.87. The van der Waals surface area contributed by atoms with E-state index < -0.39 is 9.84 Å². The molecule has 4 heteroatoms. The summed E-state index contributed by atoms with van der Waals surface area (Å²) in [7, 11) is -3.10. The Morgan fingerprint density at radius 1 is 1.31 bits per heavy atom. The van der Waals surface area contributed by atoms with Crippen LogP contribution in [0, 0.1) is 0 Å². The zero-order chi connectivity index (χ0) is 10.3.